The SMILES string of the molecule is Cc1ccc2cc(/C(N)=N/O)c(=O)[nH]c2c1. The number of oxime groups is 1. The van der Waals surface area contributed by atoms with Crippen molar-refractivity contribution in [2.75, 3.05) is 0 Å². The molecule has 5 heteroatoms. The quantitative estimate of drug-likeness (QED) is 0.287. The Labute approximate surface area is 91.2 Å². The first-order chi connectivity index (χ1) is 7.61. The highest BCUT2D eigenvalue weighted by atomic mass is 16.4. The fourth-order valence-electron chi connectivity index (χ4n) is 1.56. The summed E-state index contributed by atoms with van der Waals surface area (Å²) in [5.74, 6) is -0.191. The summed E-state index contributed by atoms with van der Waals surface area (Å²) in [6.45, 7) is 1.94. The lowest BCUT2D eigenvalue weighted by molar-refractivity contribution is 0.318. The van der Waals surface area contributed by atoms with Crippen LogP contribution in [-0.2, 0) is 0 Å². The van der Waals surface area contributed by atoms with E-state index >= 15 is 0 Å². The van der Waals surface area contributed by atoms with Crippen molar-refractivity contribution in [1.82, 2.24) is 4.98 Å². The van der Waals surface area contributed by atoms with E-state index in [1.807, 2.05) is 25.1 Å². The van der Waals surface area contributed by atoms with Crippen molar-refractivity contribution in [2.45, 2.75) is 6.92 Å². The summed E-state index contributed by atoms with van der Waals surface area (Å²) in [5.41, 5.74) is 6.99. The number of aromatic nitrogens is 1. The highest BCUT2D eigenvalue weighted by Crippen LogP contribution is 2.12. The third-order valence-electron chi connectivity index (χ3n) is 2.39. The number of fused-ring (bicyclic) bond motifs is 1. The number of rotatable bonds is 1. The van der Waals surface area contributed by atoms with Gasteiger partial charge in [-0.15, -0.1) is 0 Å². The second kappa shape index (κ2) is 3.69. The maximum atomic E-state index is 11.6. The van der Waals surface area contributed by atoms with Crippen molar-refractivity contribution in [1.29, 1.82) is 0 Å². The van der Waals surface area contributed by atoms with E-state index in [0.29, 0.717) is 0 Å². The third kappa shape index (κ3) is 1.63. The van der Waals surface area contributed by atoms with E-state index in [9.17, 15) is 4.79 Å². The van der Waals surface area contributed by atoms with Gasteiger partial charge in [0.25, 0.3) is 5.56 Å². The summed E-state index contributed by atoms with van der Waals surface area (Å²) in [5, 5.41) is 12.2. The number of hydrogen-bond acceptors (Lipinski definition) is 3. The van der Waals surface area contributed by atoms with Gasteiger partial charge in [-0.2, -0.15) is 0 Å². The van der Waals surface area contributed by atoms with E-state index in [-0.39, 0.29) is 17.0 Å². The van der Waals surface area contributed by atoms with Crippen LogP contribution in [0.25, 0.3) is 10.9 Å². The van der Waals surface area contributed by atoms with Crippen LogP contribution in [0.5, 0.6) is 0 Å². The Hall–Kier alpha value is -2.30. The Morgan fingerprint density at radius 1 is 1.44 bits per heavy atom. The molecule has 0 saturated heterocycles. The standard InChI is InChI=1S/C11H11N3O2/c1-6-2-3-7-5-8(10(12)14-16)11(15)13-9(7)4-6/h2-5,16H,1H3,(H2,12,14)(H,13,15). The maximum Gasteiger partial charge on any atom is 0.259 e. The molecule has 0 aliphatic carbocycles. The number of nitrogens with zero attached hydrogens (tertiary/aromatic N) is 1. The zero-order chi connectivity index (χ0) is 11.7. The predicted molar refractivity (Wildman–Crippen MR) is 61.8 cm³/mol. The van der Waals surface area contributed by atoms with Crippen LogP contribution in [0.3, 0.4) is 0 Å². The second-order valence-electron chi connectivity index (χ2n) is 3.59. The van der Waals surface area contributed by atoms with Gasteiger partial charge in [0.15, 0.2) is 5.84 Å². The molecule has 0 fully saturated rings. The van der Waals surface area contributed by atoms with Crippen molar-refractivity contribution in [3.63, 3.8) is 0 Å². The minimum absolute atomic E-state index is 0.166. The van der Waals surface area contributed by atoms with Gasteiger partial charge in [-0.25, -0.2) is 0 Å². The molecule has 0 aliphatic rings. The van der Waals surface area contributed by atoms with E-state index in [1.165, 1.54) is 0 Å². The van der Waals surface area contributed by atoms with Gasteiger partial charge in [-0.05, 0) is 30.0 Å². The molecule has 0 unspecified atom stereocenters. The minimum Gasteiger partial charge on any atom is -0.409 e. The smallest absolute Gasteiger partial charge is 0.259 e. The molecule has 1 heterocycles. The number of benzene rings is 1. The molecule has 0 radical (unpaired) electrons. The summed E-state index contributed by atoms with van der Waals surface area (Å²) in [6.07, 6.45) is 0. The van der Waals surface area contributed by atoms with Crippen LogP contribution >= 0.6 is 0 Å². The number of nitrogens with two attached hydrogens (primary N) is 1. The Morgan fingerprint density at radius 3 is 2.88 bits per heavy atom. The zero-order valence-corrected chi connectivity index (χ0v) is 8.69. The van der Waals surface area contributed by atoms with Crippen molar-refractivity contribution in [3.8, 4) is 0 Å². The first kappa shape index (κ1) is 10.2. The number of amidine groups is 1. The molecule has 2 rings (SSSR count). The van der Waals surface area contributed by atoms with Crippen LogP contribution in [0.4, 0.5) is 0 Å². The molecule has 1 aromatic heterocycles. The van der Waals surface area contributed by atoms with Crippen molar-refractivity contribution in [2.24, 2.45) is 10.9 Å². The Morgan fingerprint density at radius 2 is 2.19 bits per heavy atom. The van der Waals surface area contributed by atoms with Gasteiger partial charge < -0.3 is 15.9 Å². The molecule has 0 atom stereocenters. The molecule has 2 aromatic rings. The summed E-state index contributed by atoms with van der Waals surface area (Å²) >= 11 is 0. The van der Waals surface area contributed by atoms with E-state index in [4.69, 9.17) is 10.9 Å². The molecule has 82 valence electrons. The van der Waals surface area contributed by atoms with Crippen LogP contribution in [0.15, 0.2) is 34.2 Å². The van der Waals surface area contributed by atoms with Crippen molar-refractivity contribution < 1.29 is 5.21 Å². The molecule has 0 aliphatic heterocycles. The lowest BCUT2D eigenvalue weighted by Crippen LogP contribution is -2.24. The van der Waals surface area contributed by atoms with Crippen molar-refractivity contribution >= 4 is 16.7 Å². The van der Waals surface area contributed by atoms with Crippen LogP contribution < -0.4 is 11.3 Å². The van der Waals surface area contributed by atoms with E-state index < -0.39 is 0 Å². The first-order valence-corrected chi connectivity index (χ1v) is 4.73. The molecule has 16 heavy (non-hydrogen) atoms. The summed E-state index contributed by atoms with van der Waals surface area (Å²) in [4.78, 5) is 14.3. The Bertz CT molecular complexity index is 629. The third-order valence-corrected chi connectivity index (χ3v) is 2.39. The zero-order valence-electron chi connectivity index (χ0n) is 8.69. The number of aryl methyl sites for hydroxylation is 1. The molecule has 1 aromatic carbocycles. The number of aromatic amines is 1. The molecule has 0 saturated carbocycles. The van der Waals surface area contributed by atoms with Gasteiger partial charge in [-0.3, -0.25) is 4.79 Å². The number of hydrogen-bond donors (Lipinski definition) is 3. The van der Waals surface area contributed by atoms with Gasteiger partial charge in [0.1, 0.15) is 0 Å². The highest BCUT2D eigenvalue weighted by Gasteiger charge is 2.06. The average molecular weight is 217 g/mol. The lowest BCUT2D eigenvalue weighted by atomic mass is 10.1. The molecular weight excluding hydrogens is 206 g/mol. The van der Waals surface area contributed by atoms with Gasteiger partial charge >= 0.3 is 0 Å². The molecule has 0 amide bonds. The average Bonchev–Trinajstić information content (AvgIpc) is 2.27. The van der Waals surface area contributed by atoms with Crippen LogP contribution in [0.2, 0.25) is 0 Å². The van der Waals surface area contributed by atoms with Gasteiger partial charge in [-0.1, -0.05) is 17.3 Å². The van der Waals surface area contributed by atoms with Gasteiger partial charge in [0.2, 0.25) is 0 Å². The Balaban J connectivity index is 2.77. The highest BCUT2D eigenvalue weighted by molar-refractivity contribution is 5.99. The topological polar surface area (TPSA) is 91.5 Å². The predicted octanol–water partition coefficient (Wildman–Crippen LogP) is 0.931. The monoisotopic (exact) mass is 217 g/mol. The largest absolute Gasteiger partial charge is 0.409 e. The first-order valence-electron chi connectivity index (χ1n) is 4.73. The lowest BCUT2D eigenvalue weighted by Gasteiger charge is -2.02. The van der Waals surface area contributed by atoms with Gasteiger partial charge in [0.05, 0.1) is 5.56 Å². The van der Waals surface area contributed by atoms with Crippen LogP contribution in [0, 0.1) is 6.92 Å². The minimum atomic E-state index is -0.367. The van der Waals surface area contributed by atoms with E-state index in [1.54, 1.807) is 6.07 Å². The van der Waals surface area contributed by atoms with Crippen molar-refractivity contribution in [3.05, 3.63) is 45.7 Å². The molecule has 0 spiro atoms. The van der Waals surface area contributed by atoms with Gasteiger partial charge in [0, 0.05) is 5.52 Å². The summed E-state index contributed by atoms with van der Waals surface area (Å²) < 4.78 is 0. The van der Waals surface area contributed by atoms with E-state index in [2.05, 4.69) is 10.1 Å². The van der Waals surface area contributed by atoms with E-state index in [0.717, 1.165) is 16.5 Å². The summed E-state index contributed by atoms with van der Waals surface area (Å²) in [7, 11) is 0. The maximum absolute atomic E-state index is 11.6. The Kier molecular flexibility index (Phi) is 2.36. The number of pyridine rings is 1. The molecule has 4 N–H and O–H groups in total. The fourth-order valence-corrected chi connectivity index (χ4v) is 1.56. The number of nitrogens with one attached hydrogen (secondary N) is 1. The number of H-pyrrole nitrogens is 1. The molecule has 0 bridgehead atoms. The van der Waals surface area contributed by atoms with Crippen LogP contribution in [-0.4, -0.2) is 16.0 Å². The fraction of sp³-hybridized carbons (Fsp3) is 0.0909. The molecular formula is C11H11N3O2. The normalized spacial score (nSPS) is 11.9. The van der Waals surface area contributed by atoms with Crippen LogP contribution in [0.1, 0.15) is 11.1 Å². The molecule has 5 nitrogen and oxygen atoms in total. The summed E-state index contributed by atoms with van der Waals surface area (Å²) in [6, 6.07) is 7.26. The second-order valence-corrected chi connectivity index (χ2v) is 3.59.